The van der Waals surface area contributed by atoms with E-state index in [-0.39, 0.29) is 12.0 Å². The van der Waals surface area contributed by atoms with Crippen LogP contribution < -0.4 is 0 Å². The van der Waals surface area contributed by atoms with Gasteiger partial charge in [-0.1, -0.05) is 48.4 Å². The van der Waals surface area contributed by atoms with E-state index in [1.165, 1.54) is 22.2 Å². The molecule has 5 heteroatoms. The van der Waals surface area contributed by atoms with Crippen molar-refractivity contribution in [3.63, 3.8) is 0 Å². The zero-order valence-electron chi connectivity index (χ0n) is 17.3. The molecule has 5 rings (SSSR count). The third-order valence-electron chi connectivity index (χ3n) is 6.87. The van der Waals surface area contributed by atoms with Crippen molar-refractivity contribution in [3.05, 3.63) is 70.4 Å². The zero-order valence-corrected chi connectivity index (χ0v) is 18.0. The van der Waals surface area contributed by atoms with E-state index in [1.54, 1.807) is 0 Å². The van der Waals surface area contributed by atoms with Crippen molar-refractivity contribution in [1.82, 2.24) is 9.88 Å². The molecule has 3 aromatic rings. The minimum atomic E-state index is -0.482. The largest absolute Gasteiger partial charge is 0.466 e. The summed E-state index contributed by atoms with van der Waals surface area (Å²) in [6, 6.07) is 16.5. The third-order valence-corrected chi connectivity index (χ3v) is 7.10. The van der Waals surface area contributed by atoms with Gasteiger partial charge in [-0.3, -0.25) is 9.69 Å². The minimum absolute atomic E-state index is 0.0135. The highest BCUT2D eigenvalue weighted by atomic mass is 35.5. The van der Waals surface area contributed by atoms with Crippen LogP contribution in [0.4, 0.5) is 0 Å². The van der Waals surface area contributed by atoms with Crippen LogP contribution >= 0.6 is 11.6 Å². The Kier molecular flexibility index (Phi) is 5.08. The molecule has 1 saturated carbocycles. The van der Waals surface area contributed by atoms with Gasteiger partial charge in [0, 0.05) is 34.7 Å². The molecule has 2 aromatic carbocycles. The van der Waals surface area contributed by atoms with Gasteiger partial charge in [-0.15, -0.1) is 0 Å². The number of ether oxygens (including phenoxy) is 1. The monoisotopic (exact) mass is 422 g/mol. The predicted octanol–water partition coefficient (Wildman–Crippen LogP) is 5.65. The number of hydrogen-bond donors (Lipinski definition) is 1. The topological polar surface area (TPSA) is 45.3 Å². The molecule has 0 radical (unpaired) electrons. The first-order chi connectivity index (χ1) is 14.6. The van der Waals surface area contributed by atoms with Gasteiger partial charge in [0.05, 0.1) is 18.1 Å². The Bertz CT molecular complexity index is 1070. The second-order valence-corrected chi connectivity index (χ2v) is 8.98. The first-order valence-electron chi connectivity index (χ1n) is 10.9. The first kappa shape index (κ1) is 19.7. The number of rotatable bonds is 5. The summed E-state index contributed by atoms with van der Waals surface area (Å²) >= 11 is 6.31. The molecule has 1 atom stereocenters. The molecule has 156 valence electrons. The van der Waals surface area contributed by atoms with Crippen LogP contribution in [0.2, 0.25) is 5.02 Å². The van der Waals surface area contributed by atoms with Crippen molar-refractivity contribution in [2.24, 2.45) is 5.41 Å². The predicted molar refractivity (Wildman–Crippen MR) is 120 cm³/mol. The van der Waals surface area contributed by atoms with Gasteiger partial charge in [0.2, 0.25) is 0 Å². The SMILES string of the molecule is CCOC(=O)C1(C2c3[nH]c4ccc(Cl)cc4c3CCN2Cc2ccccc2)CCC1. The van der Waals surface area contributed by atoms with Gasteiger partial charge in [0.1, 0.15) is 0 Å². The van der Waals surface area contributed by atoms with E-state index < -0.39 is 5.41 Å². The van der Waals surface area contributed by atoms with Crippen molar-refractivity contribution < 1.29 is 9.53 Å². The van der Waals surface area contributed by atoms with Crippen LogP contribution in [0.5, 0.6) is 0 Å². The second-order valence-electron chi connectivity index (χ2n) is 8.55. The van der Waals surface area contributed by atoms with Gasteiger partial charge in [0.15, 0.2) is 0 Å². The molecule has 0 saturated heterocycles. The Labute approximate surface area is 182 Å². The van der Waals surface area contributed by atoms with E-state index in [9.17, 15) is 4.79 Å². The van der Waals surface area contributed by atoms with E-state index in [0.717, 1.165) is 49.3 Å². The zero-order chi connectivity index (χ0) is 20.7. The van der Waals surface area contributed by atoms with E-state index in [4.69, 9.17) is 16.3 Å². The molecule has 1 unspecified atom stereocenters. The smallest absolute Gasteiger partial charge is 0.314 e. The Balaban J connectivity index is 1.63. The molecule has 1 fully saturated rings. The Hall–Kier alpha value is -2.30. The number of nitrogens with one attached hydrogen (secondary N) is 1. The van der Waals surface area contributed by atoms with Gasteiger partial charge in [-0.2, -0.15) is 0 Å². The number of carbonyl (C=O) groups excluding carboxylic acids is 1. The molecule has 0 amide bonds. The quantitative estimate of drug-likeness (QED) is 0.540. The molecule has 4 nitrogen and oxygen atoms in total. The summed E-state index contributed by atoms with van der Waals surface area (Å²) in [5, 5.41) is 1.93. The number of aromatic amines is 1. The van der Waals surface area contributed by atoms with Crippen LogP contribution in [0.1, 0.15) is 49.0 Å². The summed E-state index contributed by atoms with van der Waals surface area (Å²) in [7, 11) is 0. The number of esters is 1. The van der Waals surface area contributed by atoms with Crippen molar-refractivity contribution in [2.75, 3.05) is 13.2 Å². The molecule has 1 N–H and O–H groups in total. The minimum Gasteiger partial charge on any atom is -0.466 e. The Morgan fingerprint density at radius 1 is 1.23 bits per heavy atom. The second kappa shape index (κ2) is 7.75. The molecule has 2 aliphatic rings. The molecular weight excluding hydrogens is 396 g/mol. The van der Waals surface area contributed by atoms with Crippen molar-refractivity contribution >= 4 is 28.5 Å². The summed E-state index contributed by atoms with van der Waals surface area (Å²) in [5.41, 5.74) is 4.35. The number of nitrogens with zero attached hydrogens (tertiary/aromatic N) is 1. The maximum absolute atomic E-state index is 13.2. The van der Waals surface area contributed by atoms with Gasteiger partial charge >= 0.3 is 5.97 Å². The molecule has 1 aliphatic carbocycles. The van der Waals surface area contributed by atoms with Crippen molar-refractivity contribution in [1.29, 1.82) is 0 Å². The Morgan fingerprint density at radius 3 is 2.73 bits per heavy atom. The molecular formula is C25H27ClN2O2. The van der Waals surface area contributed by atoms with E-state index >= 15 is 0 Å². The van der Waals surface area contributed by atoms with E-state index in [1.807, 2.05) is 31.2 Å². The third kappa shape index (κ3) is 3.14. The highest BCUT2D eigenvalue weighted by Gasteiger charge is 2.56. The summed E-state index contributed by atoms with van der Waals surface area (Å²) < 4.78 is 5.61. The first-order valence-corrected chi connectivity index (χ1v) is 11.3. The number of fused-ring (bicyclic) bond motifs is 3. The number of aromatic nitrogens is 1. The lowest BCUT2D eigenvalue weighted by Crippen LogP contribution is -2.53. The lowest BCUT2D eigenvalue weighted by atomic mass is 9.61. The molecule has 0 bridgehead atoms. The van der Waals surface area contributed by atoms with Crippen molar-refractivity contribution in [2.45, 2.75) is 45.2 Å². The average Bonchev–Trinajstić information content (AvgIpc) is 3.07. The number of hydrogen-bond acceptors (Lipinski definition) is 3. The average molecular weight is 423 g/mol. The van der Waals surface area contributed by atoms with Gasteiger partial charge in [-0.05, 0) is 55.5 Å². The Morgan fingerprint density at radius 2 is 2.03 bits per heavy atom. The van der Waals surface area contributed by atoms with Gasteiger partial charge in [-0.25, -0.2) is 0 Å². The fraction of sp³-hybridized carbons (Fsp3) is 0.400. The molecule has 0 spiro atoms. The van der Waals surface area contributed by atoms with Crippen LogP contribution in [0.25, 0.3) is 10.9 Å². The molecule has 1 aliphatic heterocycles. The lowest BCUT2D eigenvalue weighted by Gasteiger charge is -2.51. The van der Waals surface area contributed by atoms with Crippen LogP contribution in [0.3, 0.4) is 0 Å². The fourth-order valence-corrected chi connectivity index (χ4v) is 5.52. The number of benzene rings is 2. The van der Waals surface area contributed by atoms with Crippen LogP contribution in [0.15, 0.2) is 48.5 Å². The summed E-state index contributed by atoms with van der Waals surface area (Å²) in [5.74, 6) is -0.0520. The summed E-state index contributed by atoms with van der Waals surface area (Å²) in [6.45, 7) is 4.04. The number of carbonyl (C=O) groups is 1. The van der Waals surface area contributed by atoms with Crippen LogP contribution in [-0.4, -0.2) is 29.0 Å². The molecule has 30 heavy (non-hydrogen) atoms. The van der Waals surface area contributed by atoms with Crippen LogP contribution in [0, 0.1) is 5.41 Å². The maximum atomic E-state index is 13.2. The van der Waals surface area contributed by atoms with Gasteiger partial charge < -0.3 is 9.72 Å². The normalized spacial score (nSPS) is 20.5. The van der Waals surface area contributed by atoms with Crippen molar-refractivity contribution in [3.8, 4) is 0 Å². The molecule has 1 aromatic heterocycles. The maximum Gasteiger partial charge on any atom is 0.314 e. The summed E-state index contributed by atoms with van der Waals surface area (Å²) in [6.07, 6.45) is 3.75. The van der Waals surface area contributed by atoms with E-state index in [0.29, 0.717) is 6.61 Å². The van der Waals surface area contributed by atoms with E-state index in [2.05, 4.69) is 34.1 Å². The molecule has 2 heterocycles. The number of halogens is 1. The van der Waals surface area contributed by atoms with Crippen LogP contribution in [-0.2, 0) is 22.5 Å². The summed E-state index contributed by atoms with van der Waals surface area (Å²) in [4.78, 5) is 19.4. The standard InChI is InChI=1S/C25H27ClN2O2/c1-2-30-24(29)25(12-6-13-25)23-22-19(20-15-18(26)9-10-21(20)27-22)11-14-28(23)16-17-7-4-3-5-8-17/h3-5,7-10,15,23,27H,2,6,11-14,16H2,1H3. The highest BCUT2D eigenvalue weighted by Crippen LogP contribution is 2.56. The highest BCUT2D eigenvalue weighted by molar-refractivity contribution is 6.31. The number of H-pyrrole nitrogens is 1. The fourth-order valence-electron chi connectivity index (χ4n) is 5.35. The van der Waals surface area contributed by atoms with Gasteiger partial charge in [0.25, 0.3) is 0 Å². The lowest BCUT2D eigenvalue weighted by molar-refractivity contribution is -0.169.